The smallest absolute Gasteiger partial charge is 0.319 e. The van der Waals surface area contributed by atoms with E-state index in [-0.39, 0.29) is 23.6 Å². The number of nitrogens with zero attached hydrogens (tertiary/aromatic N) is 1. The van der Waals surface area contributed by atoms with Crippen molar-refractivity contribution in [3.8, 4) is 0 Å². The van der Waals surface area contributed by atoms with Gasteiger partial charge in [0.25, 0.3) is 0 Å². The van der Waals surface area contributed by atoms with E-state index in [9.17, 15) is 9.90 Å². The number of anilines is 1. The van der Waals surface area contributed by atoms with Gasteiger partial charge in [-0.05, 0) is 43.9 Å². The van der Waals surface area contributed by atoms with Crippen molar-refractivity contribution in [1.82, 2.24) is 10.3 Å². The first kappa shape index (κ1) is 16.8. The van der Waals surface area contributed by atoms with E-state index in [1.807, 2.05) is 39.0 Å². The van der Waals surface area contributed by atoms with Crippen LogP contribution in [0.1, 0.15) is 52.3 Å². The Hall–Kier alpha value is -2.08. The van der Waals surface area contributed by atoms with Gasteiger partial charge in [-0.15, -0.1) is 0 Å². The maximum absolute atomic E-state index is 12.1. The number of hydrogen-bond donors (Lipinski definition) is 3. The third-order valence-corrected chi connectivity index (χ3v) is 4.32. The van der Waals surface area contributed by atoms with Crippen molar-refractivity contribution in [2.75, 3.05) is 5.32 Å². The molecule has 0 bridgehead atoms. The summed E-state index contributed by atoms with van der Waals surface area (Å²) in [4.78, 5) is 16.6. The zero-order valence-corrected chi connectivity index (χ0v) is 14.4. The number of nitrogens with one attached hydrogen (secondary N) is 2. The van der Waals surface area contributed by atoms with Gasteiger partial charge in [0.15, 0.2) is 5.58 Å². The number of aliphatic hydroxyl groups excluding tert-OH is 1. The van der Waals surface area contributed by atoms with Crippen molar-refractivity contribution in [2.24, 2.45) is 0 Å². The average Bonchev–Trinajstić information content (AvgIpc) is 2.93. The molecule has 6 heteroatoms. The molecule has 1 fully saturated rings. The molecular weight excluding hydrogens is 306 g/mol. The molecule has 24 heavy (non-hydrogen) atoms. The van der Waals surface area contributed by atoms with Crippen molar-refractivity contribution in [3.63, 3.8) is 0 Å². The van der Waals surface area contributed by atoms with Gasteiger partial charge in [-0.2, -0.15) is 0 Å². The van der Waals surface area contributed by atoms with Crippen LogP contribution in [0.3, 0.4) is 0 Å². The van der Waals surface area contributed by atoms with Crippen LogP contribution in [-0.2, 0) is 5.41 Å². The third-order valence-electron chi connectivity index (χ3n) is 4.32. The predicted octanol–water partition coefficient (Wildman–Crippen LogP) is 3.55. The number of fused-ring (bicyclic) bond motifs is 1. The molecule has 3 rings (SSSR count). The van der Waals surface area contributed by atoms with Gasteiger partial charge in [-0.1, -0.05) is 20.8 Å². The highest BCUT2D eigenvalue weighted by atomic mass is 16.3. The van der Waals surface area contributed by atoms with Crippen molar-refractivity contribution in [3.05, 3.63) is 24.1 Å². The minimum absolute atomic E-state index is 0.122. The van der Waals surface area contributed by atoms with E-state index in [1.54, 1.807) is 0 Å². The molecule has 1 heterocycles. The summed E-state index contributed by atoms with van der Waals surface area (Å²) in [6, 6.07) is 5.35. The van der Waals surface area contributed by atoms with Gasteiger partial charge in [0.1, 0.15) is 5.52 Å². The molecule has 1 aromatic carbocycles. The first-order chi connectivity index (χ1) is 11.3. The summed E-state index contributed by atoms with van der Waals surface area (Å²) in [6.45, 7) is 6.14. The van der Waals surface area contributed by atoms with Crippen LogP contribution >= 0.6 is 0 Å². The highest BCUT2D eigenvalue weighted by molar-refractivity contribution is 5.91. The fraction of sp³-hybridized carbons (Fsp3) is 0.556. The lowest BCUT2D eigenvalue weighted by atomic mass is 9.93. The number of urea groups is 1. The van der Waals surface area contributed by atoms with Crippen LogP contribution in [0.2, 0.25) is 0 Å². The normalized spacial score (nSPS) is 21.7. The Kier molecular flexibility index (Phi) is 4.49. The van der Waals surface area contributed by atoms with Gasteiger partial charge >= 0.3 is 6.03 Å². The van der Waals surface area contributed by atoms with Crippen LogP contribution < -0.4 is 10.6 Å². The van der Waals surface area contributed by atoms with E-state index in [0.29, 0.717) is 17.2 Å². The number of carbonyl (C=O) groups is 1. The monoisotopic (exact) mass is 331 g/mol. The molecule has 6 nitrogen and oxygen atoms in total. The fourth-order valence-corrected chi connectivity index (χ4v) is 2.90. The summed E-state index contributed by atoms with van der Waals surface area (Å²) in [7, 11) is 0. The maximum Gasteiger partial charge on any atom is 0.319 e. The summed E-state index contributed by atoms with van der Waals surface area (Å²) in [6.07, 6.45) is 2.88. The molecule has 1 aliphatic carbocycles. The molecular formula is C18H25N3O3. The van der Waals surface area contributed by atoms with Gasteiger partial charge in [0, 0.05) is 17.1 Å². The van der Waals surface area contributed by atoms with Crippen LogP contribution in [0.5, 0.6) is 0 Å². The molecule has 2 aromatic rings. The Morgan fingerprint density at radius 2 is 1.96 bits per heavy atom. The van der Waals surface area contributed by atoms with E-state index < -0.39 is 0 Å². The van der Waals surface area contributed by atoms with E-state index in [1.165, 1.54) is 0 Å². The summed E-state index contributed by atoms with van der Waals surface area (Å²) >= 11 is 0. The summed E-state index contributed by atoms with van der Waals surface area (Å²) in [5.74, 6) is 0.680. The van der Waals surface area contributed by atoms with Crippen LogP contribution in [-0.4, -0.2) is 28.3 Å². The van der Waals surface area contributed by atoms with E-state index in [2.05, 4.69) is 15.6 Å². The first-order valence-corrected chi connectivity index (χ1v) is 8.48. The molecule has 0 spiro atoms. The van der Waals surface area contributed by atoms with Gasteiger partial charge in [-0.3, -0.25) is 0 Å². The third kappa shape index (κ3) is 3.87. The highest BCUT2D eigenvalue weighted by Gasteiger charge is 2.22. The molecule has 0 aliphatic heterocycles. The number of amides is 2. The molecule has 0 unspecified atom stereocenters. The number of carbonyl (C=O) groups excluding carboxylic acids is 1. The number of oxazole rings is 1. The van der Waals surface area contributed by atoms with Crippen LogP contribution in [0.25, 0.3) is 11.1 Å². The molecule has 1 saturated carbocycles. The Morgan fingerprint density at radius 1 is 1.25 bits per heavy atom. The highest BCUT2D eigenvalue weighted by Crippen LogP contribution is 2.27. The lowest BCUT2D eigenvalue weighted by Gasteiger charge is -2.26. The minimum Gasteiger partial charge on any atom is -0.440 e. The number of rotatable bonds is 2. The Morgan fingerprint density at radius 3 is 2.62 bits per heavy atom. The SMILES string of the molecule is CC(C)(C)c1nc2cc(NC(=O)NC3CCC(O)CC3)ccc2o1. The lowest BCUT2D eigenvalue weighted by molar-refractivity contribution is 0.118. The summed E-state index contributed by atoms with van der Waals surface area (Å²) in [5.41, 5.74) is 1.98. The standard InChI is InChI=1S/C18H25N3O3/c1-18(2,3)16-21-14-10-12(6-9-15(14)24-16)20-17(23)19-11-4-7-13(22)8-5-11/h6,9-11,13,22H,4-5,7-8H2,1-3H3,(H2,19,20,23). The first-order valence-electron chi connectivity index (χ1n) is 8.48. The number of benzene rings is 1. The Balaban J connectivity index is 1.65. The number of aromatic nitrogens is 1. The van der Waals surface area contributed by atoms with Crippen LogP contribution in [0, 0.1) is 0 Å². The van der Waals surface area contributed by atoms with E-state index >= 15 is 0 Å². The van der Waals surface area contributed by atoms with Crippen LogP contribution in [0.15, 0.2) is 22.6 Å². The van der Waals surface area contributed by atoms with E-state index in [4.69, 9.17) is 4.42 Å². The molecule has 0 atom stereocenters. The summed E-state index contributed by atoms with van der Waals surface area (Å²) in [5, 5.41) is 15.3. The summed E-state index contributed by atoms with van der Waals surface area (Å²) < 4.78 is 5.76. The lowest BCUT2D eigenvalue weighted by Crippen LogP contribution is -2.40. The number of aliphatic hydroxyl groups is 1. The topological polar surface area (TPSA) is 87.4 Å². The second kappa shape index (κ2) is 6.43. The zero-order chi connectivity index (χ0) is 17.3. The molecule has 3 N–H and O–H groups in total. The number of hydrogen-bond acceptors (Lipinski definition) is 4. The molecule has 130 valence electrons. The van der Waals surface area contributed by atoms with Crippen molar-refractivity contribution in [1.29, 1.82) is 0 Å². The quantitative estimate of drug-likeness (QED) is 0.785. The average molecular weight is 331 g/mol. The second-order valence-corrected chi connectivity index (χ2v) is 7.56. The fourth-order valence-electron chi connectivity index (χ4n) is 2.90. The zero-order valence-electron chi connectivity index (χ0n) is 14.4. The largest absolute Gasteiger partial charge is 0.440 e. The van der Waals surface area contributed by atoms with Gasteiger partial charge < -0.3 is 20.2 Å². The second-order valence-electron chi connectivity index (χ2n) is 7.56. The van der Waals surface area contributed by atoms with Crippen molar-refractivity contribution >= 4 is 22.8 Å². The predicted molar refractivity (Wildman–Crippen MR) is 93.1 cm³/mol. The van der Waals surface area contributed by atoms with Crippen molar-refractivity contribution in [2.45, 2.75) is 64.0 Å². The minimum atomic E-state index is -0.227. The molecule has 1 aromatic heterocycles. The van der Waals surface area contributed by atoms with Gasteiger partial charge in [-0.25, -0.2) is 9.78 Å². The van der Waals surface area contributed by atoms with Gasteiger partial charge in [0.2, 0.25) is 5.89 Å². The van der Waals surface area contributed by atoms with Crippen LogP contribution in [0.4, 0.5) is 10.5 Å². The van der Waals surface area contributed by atoms with Gasteiger partial charge in [0.05, 0.1) is 6.10 Å². The Labute approximate surface area is 141 Å². The molecule has 0 saturated heterocycles. The Bertz CT molecular complexity index is 725. The molecule has 2 amide bonds. The van der Waals surface area contributed by atoms with Crippen molar-refractivity contribution < 1.29 is 14.3 Å². The molecule has 1 aliphatic rings. The van der Waals surface area contributed by atoms with E-state index in [0.717, 1.165) is 31.2 Å². The maximum atomic E-state index is 12.1. The molecule has 0 radical (unpaired) electrons.